The Bertz CT molecular complexity index is 373. The first-order chi connectivity index (χ1) is 7.81. The van der Waals surface area contributed by atoms with E-state index < -0.39 is 0 Å². The molecule has 0 aromatic heterocycles. The minimum Gasteiger partial charge on any atom is -0.486 e. The molecular weight excluding hydrogens is 290 g/mol. The zero-order valence-electron chi connectivity index (χ0n) is 8.87. The van der Waals surface area contributed by atoms with E-state index in [1.807, 2.05) is 23.9 Å². The molecule has 3 nitrogen and oxygen atoms in total. The summed E-state index contributed by atoms with van der Waals surface area (Å²) in [6.45, 7) is 1.97. The molecule has 1 aromatic rings. The largest absolute Gasteiger partial charge is 0.486 e. The SMILES string of the molecule is NCCSCc1cc2c(cc1Br)OCCO2. The Balaban J connectivity index is 2.12. The second-order valence-corrected chi connectivity index (χ2v) is 5.39. The van der Waals surface area contributed by atoms with Crippen LogP contribution in [0, 0.1) is 0 Å². The molecule has 2 N–H and O–H groups in total. The number of ether oxygens (including phenoxy) is 2. The number of thioether (sulfide) groups is 1. The minimum atomic E-state index is 0.626. The van der Waals surface area contributed by atoms with Crippen molar-refractivity contribution in [1.29, 1.82) is 0 Å². The second kappa shape index (κ2) is 5.80. The highest BCUT2D eigenvalue weighted by Gasteiger charge is 2.14. The van der Waals surface area contributed by atoms with E-state index in [1.54, 1.807) is 0 Å². The van der Waals surface area contributed by atoms with Gasteiger partial charge in [-0.15, -0.1) is 0 Å². The molecule has 16 heavy (non-hydrogen) atoms. The van der Waals surface area contributed by atoms with Gasteiger partial charge in [-0.1, -0.05) is 15.9 Å². The van der Waals surface area contributed by atoms with Gasteiger partial charge in [-0.05, 0) is 17.7 Å². The van der Waals surface area contributed by atoms with Gasteiger partial charge in [0.25, 0.3) is 0 Å². The molecular formula is C11H14BrNO2S. The summed E-state index contributed by atoms with van der Waals surface area (Å²) in [7, 11) is 0. The highest BCUT2D eigenvalue weighted by Crippen LogP contribution is 2.36. The highest BCUT2D eigenvalue weighted by molar-refractivity contribution is 9.10. The van der Waals surface area contributed by atoms with E-state index in [9.17, 15) is 0 Å². The fourth-order valence-electron chi connectivity index (χ4n) is 1.48. The van der Waals surface area contributed by atoms with Gasteiger partial charge in [0.05, 0.1) is 0 Å². The molecule has 1 aromatic carbocycles. The Morgan fingerprint density at radius 1 is 1.25 bits per heavy atom. The number of nitrogens with two attached hydrogens (primary N) is 1. The summed E-state index contributed by atoms with van der Waals surface area (Å²) >= 11 is 5.37. The smallest absolute Gasteiger partial charge is 0.162 e. The van der Waals surface area contributed by atoms with Crippen LogP contribution in [0.5, 0.6) is 11.5 Å². The zero-order valence-corrected chi connectivity index (χ0v) is 11.3. The molecule has 1 aliphatic rings. The van der Waals surface area contributed by atoms with Gasteiger partial charge in [0, 0.05) is 22.5 Å². The normalized spacial score (nSPS) is 13.9. The van der Waals surface area contributed by atoms with Crippen molar-refractivity contribution in [3.8, 4) is 11.5 Å². The van der Waals surface area contributed by atoms with Crippen molar-refractivity contribution in [1.82, 2.24) is 0 Å². The van der Waals surface area contributed by atoms with E-state index in [4.69, 9.17) is 15.2 Å². The van der Waals surface area contributed by atoms with Gasteiger partial charge >= 0.3 is 0 Å². The summed E-state index contributed by atoms with van der Waals surface area (Å²) < 4.78 is 12.1. The summed E-state index contributed by atoms with van der Waals surface area (Å²) in [5, 5.41) is 0. The average Bonchev–Trinajstić information content (AvgIpc) is 2.30. The Hall–Kier alpha value is -0.390. The lowest BCUT2D eigenvalue weighted by Gasteiger charge is -2.19. The lowest BCUT2D eigenvalue weighted by Crippen LogP contribution is -2.15. The van der Waals surface area contributed by atoms with Crippen molar-refractivity contribution in [2.45, 2.75) is 5.75 Å². The molecule has 0 unspecified atom stereocenters. The lowest BCUT2D eigenvalue weighted by atomic mass is 10.2. The van der Waals surface area contributed by atoms with Crippen molar-refractivity contribution in [2.75, 3.05) is 25.5 Å². The standard InChI is InChI=1S/C11H14BrNO2S/c12-9-6-11-10(14-2-3-15-11)5-8(9)7-16-4-1-13/h5-6H,1-4,7,13H2. The van der Waals surface area contributed by atoms with Gasteiger partial charge in [0.15, 0.2) is 11.5 Å². The summed E-state index contributed by atoms with van der Waals surface area (Å²) in [6.07, 6.45) is 0. The third kappa shape index (κ3) is 2.84. The van der Waals surface area contributed by atoms with Gasteiger partial charge in [0.1, 0.15) is 13.2 Å². The number of hydrogen-bond donors (Lipinski definition) is 1. The summed E-state index contributed by atoms with van der Waals surface area (Å²) in [4.78, 5) is 0. The van der Waals surface area contributed by atoms with E-state index in [0.717, 1.165) is 27.5 Å². The fourth-order valence-corrected chi connectivity index (χ4v) is 2.90. The van der Waals surface area contributed by atoms with Crippen molar-refractivity contribution >= 4 is 27.7 Å². The van der Waals surface area contributed by atoms with Crippen molar-refractivity contribution < 1.29 is 9.47 Å². The van der Waals surface area contributed by atoms with Crippen LogP contribution in [-0.2, 0) is 5.75 Å². The number of rotatable bonds is 4. The first-order valence-electron chi connectivity index (χ1n) is 5.17. The average molecular weight is 304 g/mol. The molecule has 2 rings (SSSR count). The van der Waals surface area contributed by atoms with Gasteiger partial charge in [-0.3, -0.25) is 0 Å². The van der Waals surface area contributed by atoms with E-state index >= 15 is 0 Å². The van der Waals surface area contributed by atoms with Gasteiger partial charge in [-0.2, -0.15) is 11.8 Å². The number of benzene rings is 1. The molecule has 88 valence electrons. The first kappa shape index (κ1) is 12.1. The zero-order chi connectivity index (χ0) is 11.4. The fraction of sp³-hybridized carbons (Fsp3) is 0.455. The van der Waals surface area contributed by atoms with Crippen LogP contribution in [0.4, 0.5) is 0 Å². The topological polar surface area (TPSA) is 44.5 Å². The maximum Gasteiger partial charge on any atom is 0.162 e. The minimum absolute atomic E-state index is 0.626. The molecule has 0 radical (unpaired) electrons. The molecule has 1 aliphatic heterocycles. The number of fused-ring (bicyclic) bond motifs is 1. The van der Waals surface area contributed by atoms with Crippen LogP contribution in [0.1, 0.15) is 5.56 Å². The molecule has 0 saturated heterocycles. The molecule has 0 fully saturated rings. The summed E-state index contributed by atoms with van der Waals surface area (Å²) in [5.41, 5.74) is 6.69. The van der Waals surface area contributed by atoms with E-state index in [-0.39, 0.29) is 0 Å². The van der Waals surface area contributed by atoms with Crippen LogP contribution in [0.15, 0.2) is 16.6 Å². The van der Waals surface area contributed by atoms with Crippen molar-refractivity contribution in [3.05, 3.63) is 22.2 Å². The van der Waals surface area contributed by atoms with E-state index in [1.165, 1.54) is 5.56 Å². The molecule has 0 saturated carbocycles. The van der Waals surface area contributed by atoms with E-state index in [2.05, 4.69) is 15.9 Å². The van der Waals surface area contributed by atoms with Crippen LogP contribution in [-0.4, -0.2) is 25.5 Å². The monoisotopic (exact) mass is 303 g/mol. The summed E-state index contributed by atoms with van der Waals surface area (Å²) in [5.74, 6) is 3.58. The number of hydrogen-bond acceptors (Lipinski definition) is 4. The Morgan fingerprint density at radius 2 is 1.94 bits per heavy atom. The predicted molar refractivity (Wildman–Crippen MR) is 70.3 cm³/mol. The summed E-state index contributed by atoms with van der Waals surface area (Å²) in [6, 6.07) is 4.02. The maximum absolute atomic E-state index is 5.55. The quantitative estimate of drug-likeness (QED) is 0.868. The van der Waals surface area contributed by atoms with Crippen LogP contribution in [0.2, 0.25) is 0 Å². The van der Waals surface area contributed by atoms with Crippen LogP contribution < -0.4 is 15.2 Å². The van der Waals surface area contributed by atoms with Gasteiger partial charge in [-0.25, -0.2) is 0 Å². The Kier molecular flexibility index (Phi) is 4.37. The molecule has 0 spiro atoms. The van der Waals surface area contributed by atoms with E-state index in [0.29, 0.717) is 19.8 Å². The molecule has 0 bridgehead atoms. The first-order valence-corrected chi connectivity index (χ1v) is 7.12. The van der Waals surface area contributed by atoms with Crippen LogP contribution >= 0.6 is 27.7 Å². The molecule has 0 atom stereocenters. The third-order valence-corrected chi connectivity index (χ3v) is 4.01. The second-order valence-electron chi connectivity index (χ2n) is 3.43. The predicted octanol–water partition coefficient (Wildman–Crippen LogP) is 2.41. The van der Waals surface area contributed by atoms with Crippen LogP contribution in [0.3, 0.4) is 0 Å². The molecule has 5 heteroatoms. The van der Waals surface area contributed by atoms with Gasteiger partial charge in [0.2, 0.25) is 0 Å². The van der Waals surface area contributed by atoms with Crippen molar-refractivity contribution in [3.63, 3.8) is 0 Å². The highest BCUT2D eigenvalue weighted by atomic mass is 79.9. The third-order valence-electron chi connectivity index (χ3n) is 2.23. The molecule has 0 amide bonds. The lowest BCUT2D eigenvalue weighted by molar-refractivity contribution is 0.171. The molecule has 0 aliphatic carbocycles. The van der Waals surface area contributed by atoms with Crippen molar-refractivity contribution in [2.24, 2.45) is 5.73 Å². The van der Waals surface area contributed by atoms with Crippen LogP contribution in [0.25, 0.3) is 0 Å². The molecule has 1 heterocycles. The Morgan fingerprint density at radius 3 is 2.62 bits per heavy atom. The Labute approximate surface area is 108 Å². The maximum atomic E-state index is 5.55. The van der Waals surface area contributed by atoms with Gasteiger partial charge < -0.3 is 15.2 Å². The number of halogens is 1.